The summed E-state index contributed by atoms with van der Waals surface area (Å²) in [7, 11) is 0. The van der Waals surface area contributed by atoms with E-state index in [1.165, 1.54) is 6.08 Å². The van der Waals surface area contributed by atoms with E-state index in [0.29, 0.717) is 19.0 Å². The van der Waals surface area contributed by atoms with Crippen LogP contribution in [0, 0.1) is 5.92 Å². The largest absolute Gasteiger partial charge is 0.341 e. The highest BCUT2D eigenvalue weighted by molar-refractivity contribution is 6.45. The van der Waals surface area contributed by atoms with Crippen LogP contribution in [-0.4, -0.2) is 77.7 Å². The molecule has 0 radical (unpaired) electrons. The normalized spacial score (nSPS) is 19.4. The lowest BCUT2D eigenvalue weighted by atomic mass is 9.97. The molecule has 0 aliphatic carbocycles. The lowest BCUT2D eigenvalue weighted by Crippen LogP contribution is -2.47. The molecule has 2 rings (SSSR count). The predicted octanol–water partition coefficient (Wildman–Crippen LogP) is -0.189. The van der Waals surface area contributed by atoms with Gasteiger partial charge in [-0.05, 0) is 31.8 Å². The van der Waals surface area contributed by atoms with Crippen molar-refractivity contribution >= 4 is 23.8 Å². The fraction of sp³-hybridized carbons (Fsp3) is 0.625. The molecule has 0 bridgehead atoms. The van der Waals surface area contributed by atoms with Crippen molar-refractivity contribution in [3.63, 3.8) is 0 Å². The fourth-order valence-corrected chi connectivity index (χ4v) is 2.95. The van der Waals surface area contributed by atoms with E-state index in [-0.39, 0.29) is 19.0 Å². The Morgan fingerprint density at radius 1 is 1.21 bits per heavy atom. The minimum absolute atomic E-state index is 0.0378. The molecule has 0 atom stereocenters. The van der Waals surface area contributed by atoms with Crippen LogP contribution in [0.5, 0.6) is 0 Å². The molecule has 0 aromatic carbocycles. The summed E-state index contributed by atoms with van der Waals surface area (Å²) in [5.41, 5.74) is 0. The highest BCUT2D eigenvalue weighted by atomic mass is 16.2. The summed E-state index contributed by atoms with van der Waals surface area (Å²) in [6, 6.07) is -0.750. The summed E-state index contributed by atoms with van der Waals surface area (Å²) >= 11 is 0. The standard InChI is InChI=1S/C16H24N4O4/c1-3-7-19-14(22)15(23)20(16(19)24)11-13(21)18-8-5-12(6-9-18)10-17-4-2/h3,12,17H,1,4-11H2,2H3. The average Bonchev–Trinajstić information content (AvgIpc) is 2.78. The number of hydrogen-bond donors (Lipinski definition) is 1. The summed E-state index contributed by atoms with van der Waals surface area (Å²) in [4.78, 5) is 51.3. The van der Waals surface area contributed by atoms with Crippen LogP contribution in [0.1, 0.15) is 19.8 Å². The van der Waals surface area contributed by atoms with Crippen molar-refractivity contribution in [3.8, 4) is 0 Å². The van der Waals surface area contributed by atoms with E-state index >= 15 is 0 Å². The van der Waals surface area contributed by atoms with E-state index in [0.717, 1.165) is 35.7 Å². The van der Waals surface area contributed by atoms with E-state index < -0.39 is 17.8 Å². The summed E-state index contributed by atoms with van der Waals surface area (Å²) < 4.78 is 0. The summed E-state index contributed by atoms with van der Waals surface area (Å²) in [5, 5.41) is 3.30. The zero-order chi connectivity index (χ0) is 17.7. The van der Waals surface area contributed by atoms with E-state index in [2.05, 4.69) is 18.8 Å². The maximum Gasteiger partial charge on any atom is 0.335 e. The molecule has 0 saturated carbocycles. The zero-order valence-electron chi connectivity index (χ0n) is 14.0. The SMILES string of the molecule is C=CCN1C(=O)C(=O)N(CC(=O)N2CCC(CNCC)CC2)C1=O. The van der Waals surface area contributed by atoms with Crippen molar-refractivity contribution < 1.29 is 19.2 Å². The van der Waals surface area contributed by atoms with Gasteiger partial charge in [0, 0.05) is 19.6 Å². The Morgan fingerprint density at radius 2 is 1.83 bits per heavy atom. The van der Waals surface area contributed by atoms with Crippen LogP contribution in [0.3, 0.4) is 0 Å². The first kappa shape index (κ1) is 18.1. The van der Waals surface area contributed by atoms with Crippen LogP contribution in [0.2, 0.25) is 0 Å². The highest BCUT2D eigenvalue weighted by Gasteiger charge is 2.45. The number of amides is 5. The number of imide groups is 2. The quantitative estimate of drug-likeness (QED) is 0.395. The van der Waals surface area contributed by atoms with Crippen LogP contribution in [0.4, 0.5) is 4.79 Å². The number of urea groups is 1. The Labute approximate surface area is 141 Å². The first-order chi connectivity index (χ1) is 11.5. The van der Waals surface area contributed by atoms with E-state index in [1.54, 1.807) is 4.90 Å². The number of carbonyl (C=O) groups excluding carboxylic acids is 4. The monoisotopic (exact) mass is 336 g/mol. The number of nitrogens with one attached hydrogen (secondary N) is 1. The third kappa shape index (κ3) is 3.81. The number of hydrogen-bond acceptors (Lipinski definition) is 5. The molecule has 0 unspecified atom stereocenters. The Hall–Kier alpha value is -2.22. The van der Waals surface area contributed by atoms with Gasteiger partial charge in [-0.15, -0.1) is 6.58 Å². The van der Waals surface area contributed by atoms with Crippen molar-refractivity contribution in [1.82, 2.24) is 20.0 Å². The molecule has 2 fully saturated rings. The first-order valence-corrected chi connectivity index (χ1v) is 8.26. The molecule has 2 heterocycles. The Bertz CT molecular complexity index is 540. The van der Waals surface area contributed by atoms with Crippen molar-refractivity contribution in [2.45, 2.75) is 19.8 Å². The predicted molar refractivity (Wildman–Crippen MR) is 86.9 cm³/mol. The molecule has 0 spiro atoms. The number of nitrogens with zero attached hydrogens (tertiary/aromatic N) is 3. The van der Waals surface area contributed by atoms with Gasteiger partial charge in [-0.1, -0.05) is 13.0 Å². The van der Waals surface area contributed by atoms with Crippen LogP contribution in [0.15, 0.2) is 12.7 Å². The van der Waals surface area contributed by atoms with Crippen molar-refractivity contribution in [1.29, 1.82) is 0 Å². The van der Waals surface area contributed by atoms with E-state index in [9.17, 15) is 19.2 Å². The molecule has 2 aliphatic heterocycles. The number of likely N-dealkylation sites (tertiary alicyclic amines) is 1. The highest BCUT2D eigenvalue weighted by Crippen LogP contribution is 2.18. The molecular weight excluding hydrogens is 312 g/mol. The maximum absolute atomic E-state index is 12.4. The van der Waals surface area contributed by atoms with Gasteiger partial charge in [0.1, 0.15) is 6.54 Å². The van der Waals surface area contributed by atoms with Gasteiger partial charge in [0.2, 0.25) is 5.91 Å². The Balaban J connectivity index is 1.89. The smallest absolute Gasteiger partial charge is 0.335 e. The topological polar surface area (TPSA) is 90.0 Å². The zero-order valence-corrected chi connectivity index (χ0v) is 14.0. The second-order valence-corrected chi connectivity index (χ2v) is 6.01. The molecule has 1 N–H and O–H groups in total. The molecule has 0 aromatic rings. The third-order valence-corrected chi connectivity index (χ3v) is 4.39. The fourth-order valence-electron chi connectivity index (χ4n) is 2.95. The second kappa shape index (κ2) is 8.05. The number of piperidine rings is 1. The van der Waals surface area contributed by atoms with Gasteiger partial charge in [0.25, 0.3) is 0 Å². The molecule has 132 valence electrons. The molecule has 2 saturated heterocycles. The second-order valence-electron chi connectivity index (χ2n) is 6.01. The van der Waals surface area contributed by atoms with E-state index in [1.807, 2.05) is 0 Å². The molecule has 8 nitrogen and oxygen atoms in total. The summed E-state index contributed by atoms with van der Waals surface area (Å²) in [6.07, 6.45) is 3.15. The van der Waals surface area contributed by atoms with Gasteiger partial charge >= 0.3 is 17.8 Å². The Kier molecular flexibility index (Phi) is 6.08. The molecule has 8 heteroatoms. The number of rotatable bonds is 7. The molecule has 24 heavy (non-hydrogen) atoms. The minimum atomic E-state index is -0.947. The van der Waals surface area contributed by atoms with Gasteiger partial charge in [-0.3, -0.25) is 19.3 Å². The minimum Gasteiger partial charge on any atom is -0.341 e. The average molecular weight is 336 g/mol. The third-order valence-electron chi connectivity index (χ3n) is 4.39. The van der Waals surface area contributed by atoms with Crippen LogP contribution < -0.4 is 5.32 Å². The lowest BCUT2D eigenvalue weighted by molar-refractivity contribution is -0.145. The molecule has 5 amide bonds. The molecular formula is C16H24N4O4. The van der Waals surface area contributed by atoms with Crippen molar-refractivity contribution in [2.24, 2.45) is 5.92 Å². The van der Waals surface area contributed by atoms with Gasteiger partial charge in [-0.25, -0.2) is 9.69 Å². The summed E-state index contributed by atoms with van der Waals surface area (Å²) in [5.74, 6) is -1.62. The first-order valence-electron chi connectivity index (χ1n) is 8.26. The maximum atomic E-state index is 12.4. The van der Waals surface area contributed by atoms with Gasteiger partial charge < -0.3 is 10.2 Å². The van der Waals surface area contributed by atoms with Crippen molar-refractivity contribution in [3.05, 3.63) is 12.7 Å². The molecule has 2 aliphatic rings. The molecule has 0 aromatic heterocycles. The lowest BCUT2D eigenvalue weighted by Gasteiger charge is -2.32. The summed E-state index contributed by atoms with van der Waals surface area (Å²) in [6.45, 7) is 8.16. The van der Waals surface area contributed by atoms with Crippen LogP contribution in [0.25, 0.3) is 0 Å². The van der Waals surface area contributed by atoms with Gasteiger partial charge in [0.05, 0.1) is 0 Å². The Morgan fingerprint density at radius 3 is 2.42 bits per heavy atom. The van der Waals surface area contributed by atoms with Crippen LogP contribution >= 0.6 is 0 Å². The van der Waals surface area contributed by atoms with Gasteiger partial charge in [-0.2, -0.15) is 0 Å². The van der Waals surface area contributed by atoms with E-state index in [4.69, 9.17) is 0 Å². The number of carbonyl (C=O) groups is 4. The van der Waals surface area contributed by atoms with Gasteiger partial charge in [0.15, 0.2) is 0 Å². The van der Waals surface area contributed by atoms with Crippen LogP contribution in [-0.2, 0) is 14.4 Å². The van der Waals surface area contributed by atoms with Crippen molar-refractivity contribution in [2.75, 3.05) is 39.3 Å².